The minimum atomic E-state index is -1.51. The fourth-order valence-corrected chi connectivity index (χ4v) is 2.85. The number of aliphatic hydroxyl groups is 4. The van der Waals surface area contributed by atoms with Crippen molar-refractivity contribution in [3.63, 3.8) is 0 Å². The van der Waals surface area contributed by atoms with Gasteiger partial charge < -0.3 is 34.6 Å². The van der Waals surface area contributed by atoms with Crippen molar-refractivity contribution in [3.8, 4) is 16.9 Å². The first-order valence-electron chi connectivity index (χ1n) is 8.55. The van der Waals surface area contributed by atoms with Crippen LogP contribution in [0.2, 0.25) is 0 Å². The molecule has 1 saturated heterocycles. The van der Waals surface area contributed by atoms with E-state index in [9.17, 15) is 25.2 Å². The lowest BCUT2D eigenvalue weighted by atomic mass is 9.99. The summed E-state index contributed by atoms with van der Waals surface area (Å²) in [5.41, 5.74) is 1.78. The minimum absolute atomic E-state index is 0.321. The number of hydrogen-bond acceptors (Lipinski definition) is 9. The van der Waals surface area contributed by atoms with Gasteiger partial charge in [-0.05, 0) is 23.8 Å². The highest BCUT2D eigenvalue weighted by atomic mass is 16.7. The van der Waals surface area contributed by atoms with Gasteiger partial charge in [0.1, 0.15) is 30.2 Å². The number of rotatable bonds is 5. The van der Waals surface area contributed by atoms with Crippen LogP contribution in [0.3, 0.4) is 0 Å². The van der Waals surface area contributed by atoms with Crippen molar-refractivity contribution in [3.05, 3.63) is 48.3 Å². The third-order valence-electron chi connectivity index (χ3n) is 4.45. The number of aromatic nitrogens is 1. The molecule has 0 saturated carbocycles. The molecule has 9 heteroatoms. The van der Waals surface area contributed by atoms with Crippen LogP contribution >= 0.6 is 0 Å². The molecule has 0 unspecified atom stereocenters. The van der Waals surface area contributed by atoms with Crippen molar-refractivity contribution in [1.82, 2.24) is 4.98 Å². The molecule has 0 radical (unpaired) electrons. The minimum Gasteiger partial charge on any atom is -0.465 e. The second-order valence-electron chi connectivity index (χ2n) is 6.29. The van der Waals surface area contributed by atoms with Gasteiger partial charge in [-0.2, -0.15) is 0 Å². The van der Waals surface area contributed by atoms with Crippen molar-refractivity contribution < 1.29 is 39.4 Å². The molecule has 1 aliphatic rings. The molecule has 1 aromatic heterocycles. The van der Waals surface area contributed by atoms with Gasteiger partial charge in [-0.25, -0.2) is 4.79 Å². The molecule has 1 aromatic carbocycles. The summed E-state index contributed by atoms with van der Waals surface area (Å²) in [6.07, 6.45) is -3.75. The van der Waals surface area contributed by atoms with E-state index in [-0.39, 0.29) is 0 Å². The fraction of sp³-hybridized carbons (Fsp3) is 0.368. The van der Waals surface area contributed by atoms with Crippen LogP contribution in [0.5, 0.6) is 5.75 Å². The number of methoxy groups -OCH3 is 1. The van der Waals surface area contributed by atoms with Crippen molar-refractivity contribution in [2.24, 2.45) is 0 Å². The first-order valence-corrected chi connectivity index (χ1v) is 8.55. The molecule has 5 atom stereocenters. The summed E-state index contributed by atoms with van der Waals surface area (Å²) in [6.45, 7) is -0.534. The standard InChI is InChI=1S/C19H21NO8/c1-26-18(25)12-6-11(7-20-8-12)10-2-4-13(5-3-10)27-19-17(24)16(23)15(22)14(9-21)28-19/h2-8,14-17,19,21-24H,9H2,1H3/t14-,15-,16+,17+,19+/m1/s1. The first kappa shape index (κ1) is 20.2. The molecule has 3 rings (SSSR count). The predicted molar refractivity (Wildman–Crippen MR) is 95.4 cm³/mol. The Labute approximate surface area is 160 Å². The summed E-state index contributed by atoms with van der Waals surface area (Å²) in [5, 5.41) is 38.9. The van der Waals surface area contributed by atoms with Crippen LogP contribution in [0.4, 0.5) is 0 Å². The van der Waals surface area contributed by atoms with Gasteiger partial charge in [0.2, 0.25) is 6.29 Å². The second-order valence-corrected chi connectivity index (χ2v) is 6.29. The summed E-state index contributed by atoms with van der Waals surface area (Å²) < 4.78 is 15.5. The van der Waals surface area contributed by atoms with Crippen LogP contribution in [-0.4, -0.2) is 75.8 Å². The summed E-state index contributed by atoms with van der Waals surface area (Å²) in [7, 11) is 1.29. The quantitative estimate of drug-likeness (QED) is 0.507. The van der Waals surface area contributed by atoms with E-state index in [1.807, 2.05) is 0 Å². The maximum Gasteiger partial charge on any atom is 0.339 e. The third kappa shape index (κ3) is 4.13. The van der Waals surface area contributed by atoms with Crippen molar-refractivity contribution in [1.29, 1.82) is 0 Å². The Balaban J connectivity index is 1.74. The molecule has 4 N–H and O–H groups in total. The predicted octanol–water partition coefficient (Wildman–Crippen LogP) is -0.286. The Morgan fingerprint density at radius 3 is 2.43 bits per heavy atom. The molecule has 2 heterocycles. The van der Waals surface area contributed by atoms with E-state index in [4.69, 9.17) is 9.47 Å². The van der Waals surface area contributed by atoms with E-state index in [1.165, 1.54) is 13.3 Å². The zero-order valence-electron chi connectivity index (χ0n) is 15.0. The molecule has 0 amide bonds. The van der Waals surface area contributed by atoms with Crippen LogP contribution in [0.25, 0.3) is 11.1 Å². The highest BCUT2D eigenvalue weighted by Gasteiger charge is 2.44. The lowest BCUT2D eigenvalue weighted by Gasteiger charge is -2.39. The molecule has 0 aliphatic carbocycles. The van der Waals surface area contributed by atoms with Gasteiger partial charge in [0.05, 0.1) is 19.3 Å². The number of nitrogens with zero attached hydrogens (tertiary/aromatic N) is 1. The van der Waals surface area contributed by atoms with Crippen molar-refractivity contribution in [2.45, 2.75) is 30.7 Å². The molecule has 1 fully saturated rings. The van der Waals surface area contributed by atoms with Gasteiger partial charge in [0.25, 0.3) is 0 Å². The van der Waals surface area contributed by atoms with E-state index in [1.54, 1.807) is 36.5 Å². The highest BCUT2D eigenvalue weighted by molar-refractivity contribution is 5.90. The van der Waals surface area contributed by atoms with Crippen LogP contribution in [-0.2, 0) is 9.47 Å². The fourth-order valence-electron chi connectivity index (χ4n) is 2.85. The largest absolute Gasteiger partial charge is 0.465 e. The number of benzene rings is 1. The second kappa shape index (κ2) is 8.63. The Kier molecular flexibility index (Phi) is 6.22. The van der Waals surface area contributed by atoms with Gasteiger partial charge in [-0.3, -0.25) is 4.98 Å². The average Bonchev–Trinajstić information content (AvgIpc) is 2.74. The van der Waals surface area contributed by atoms with Crippen LogP contribution in [0, 0.1) is 0 Å². The average molecular weight is 391 g/mol. The van der Waals surface area contributed by atoms with Crippen LogP contribution < -0.4 is 4.74 Å². The maximum absolute atomic E-state index is 11.6. The van der Waals surface area contributed by atoms with Gasteiger partial charge in [-0.1, -0.05) is 12.1 Å². The lowest BCUT2D eigenvalue weighted by Crippen LogP contribution is -2.60. The molecule has 28 heavy (non-hydrogen) atoms. The summed E-state index contributed by atoms with van der Waals surface area (Å²) in [4.78, 5) is 15.7. The molecule has 2 aromatic rings. The van der Waals surface area contributed by atoms with E-state index in [0.29, 0.717) is 16.9 Å². The summed E-state index contributed by atoms with van der Waals surface area (Å²) in [5.74, 6) is -0.151. The number of aliphatic hydroxyl groups excluding tert-OH is 4. The van der Waals surface area contributed by atoms with E-state index in [0.717, 1.165) is 5.56 Å². The Bertz CT molecular complexity index is 810. The molecule has 0 bridgehead atoms. The van der Waals surface area contributed by atoms with Gasteiger partial charge in [0, 0.05) is 18.0 Å². The molecular weight excluding hydrogens is 370 g/mol. The number of hydrogen-bond donors (Lipinski definition) is 4. The van der Waals surface area contributed by atoms with Gasteiger partial charge in [0.15, 0.2) is 0 Å². The Hall–Kier alpha value is -2.56. The number of pyridine rings is 1. The topological polar surface area (TPSA) is 139 Å². The lowest BCUT2D eigenvalue weighted by molar-refractivity contribution is -0.277. The van der Waals surface area contributed by atoms with Gasteiger partial charge in [-0.15, -0.1) is 0 Å². The third-order valence-corrected chi connectivity index (χ3v) is 4.45. The molecule has 1 aliphatic heterocycles. The highest BCUT2D eigenvalue weighted by Crippen LogP contribution is 2.27. The Morgan fingerprint density at radius 1 is 1.07 bits per heavy atom. The number of esters is 1. The van der Waals surface area contributed by atoms with Crippen molar-refractivity contribution >= 4 is 5.97 Å². The van der Waals surface area contributed by atoms with E-state index in [2.05, 4.69) is 9.72 Å². The first-order chi connectivity index (χ1) is 13.4. The Morgan fingerprint density at radius 2 is 1.79 bits per heavy atom. The maximum atomic E-state index is 11.6. The molecule has 9 nitrogen and oxygen atoms in total. The SMILES string of the molecule is COC(=O)c1cncc(-c2ccc(O[C@H]3O[C@H](CO)[C@@H](O)[C@H](O)[C@@H]3O)cc2)c1. The molecule has 150 valence electrons. The zero-order chi connectivity index (χ0) is 20.3. The van der Waals surface area contributed by atoms with Crippen molar-refractivity contribution in [2.75, 3.05) is 13.7 Å². The summed E-state index contributed by atoms with van der Waals surface area (Å²) in [6, 6.07) is 8.31. The molecule has 0 spiro atoms. The van der Waals surface area contributed by atoms with Crippen LogP contribution in [0.1, 0.15) is 10.4 Å². The number of ether oxygens (including phenoxy) is 3. The summed E-state index contributed by atoms with van der Waals surface area (Å²) >= 11 is 0. The number of carbonyl (C=O) groups is 1. The van der Waals surface area contributed by atoms with E-state index < -0.39 is 43.3 Å². The van der Waals surface area contributed by atoms with Crippen LogP contribution in [0.15, 0.2) is 42.7 Å². The number of carbonyl (C=O) groups excluding carboxylic acids is 1. The smallest absolute Gasteiger partial charge is 0.339 e. The normalized spacial score (nSPS) is 27.2. The monoisotopic (exact) mass is 391 g/mol. The zero-order valence-corrected chi connectivity index (χ0v) is 15.0. The molecular formula is C19H21NO8. The van der Waals surface area contributed by atoms with E-state index >= 15 is 0 Å². The van der Waals surface area contributed by atoms with Gasteiger partial charge >= 0.3 is 5.97 Å².